The Morgan fingerprint density at radius 1 is 0.947 bits per heavy atom. The lowest BCUT2D eigenvalue weighted by Crippen LogP contribution is -2.06. The molecule has 0 aromatic heterocycles. The molecule has 0 aliphatic carbocycles. The van der Waals surface area contributed by atoms with Crippen molar-refractivity contribution in [2.24, 2.45) is 0 Å². The van der Waals surface area contributed by atoms with Gasteiger partial charge in [0, 0.05) is 16.8 Å². The summed E-state index contributed by atoms with van der Waals surface area (Å²) in [6.45, 7) is 5.97. The molecule has 3 heteroatoms. The van der Waals surface area contributed by atoms with Crippen LogP contribution in [0.15, 0.2) is 30.3 Å². The molecule has 2 aromatic carbocycles. The zero-order valence-electron chi connectivity index (χ0n) is 11.3. The van der Waals surface area contributed by atoms with Crippen molar-refractivity contribution < 1.29 is 4.79 Å². The van der Waals surface area contributed by atoms with Crippen LogP contribution >= 0.6 is 11.6 Å². The lowest BCUT2D eigenvalue weighted by Gasteiger charge is -2.10. The second-order valence-corrected chi connectivity index (χ2v) is 5.23. The lowest BCUT2D eigenvalue weighted by molar-refractivity contribution is 0.103. The number of halogens is 1. The molecule has 0 radical (unpaired) electrons. The van der Waals surface area contributed by atoms with Gasteiger partial charge >= 0.3 is 0 Å². The number of carbonyl (C=O) groups is 1. The summed E-state index contributed by atoms with van der Waals surface area (Å²) in [4.78, 5) is 12.5. The largest absolute Gasteiger partial charge is 0.399 e. The first-order valence-electron chi connectivity index (χ1n) is 6.07. The van der Waals surface area contributed by atoms with E-state index in [0.29, 0.717) is 21.8 Å². The van der Waals surface area contributed by atoms with Crippen molar-refractivity contribution in [3.63, 3.8) is 0 Å². The molecule has 0 atom stereocenters. The van der Waals surface area contributed by atoms with Gasteiger partial charge < -0.3 is 5.73 Å². The highest BCUT2D eigenvalue weighted by Crippen LogP contribution is 2.24. The van der Waals surface area contributed by atoms with E-state index in [2.05, 4.69) is 0 Å². The van der Waals surface area contributed by atoms with E-state index in [9.17, 15) is 4.79 Å². The summed E-state index contributed by atoms with van der Waals surface area (Å²) in [5.74, 6) is -0.0643. The molecule has 0 aliphatic rings. The Hall–Kier alpha value is -1.80. The SMILES string of the molecule is Cc1cc(C)c(C(=O)c2ccc(N)cc2Cl)cc1C. The number of carbonyl (C=O) groups excluding carboxylic acids is 1. The van der Waals surface area contributed by atoms with Crippen LogP contribution in [0.5, 0.6) is 0 Å². The molecule has 0 unspecified atom stereocenters. The number of ketones is 1. The average molecular weight is 274 g/mol. The van der Waals surface area contributed by atoms with Crippen molar-refractivity contribution in [3.05, 3.63) is 63.2 Å². The van der Waals surface area contributed by atoms with Crippen LogP contribution in [0.3, 0.4) is 0 Å². The molecule has 0 amide bonds. The van der Waals surface area contributed by atoms with Gasteiger partial charge in [0.1, 0.15) is 0 Å². The number of rotatable bonds is 2. The number of aryl methyl sites for hydroxylation is 3. The fraction of sp³-hybridized carbons (Fsp3) is 0.188. The molecule has 0 spiro atoms. The van der Waals surface area contributed by atoms with Crippen molar-refractivity contribution in [3.8, 4) is 0 Å². The quantitative estimate of drug-likeness (QED) is 0.662. The van der Waals surface area contributed by atoms with Crippen LogP contribution in [0.4, 0.5) is 5.69 Å². The van der Waals surface area contributed by atoms with E-state index in [-0.39, 0.29) is 5.78 Å². The molecule has 0 saturated heterocycles. The smallest absolute Gasteiger partial charge is 0.194 e. The summed E-state index contributed by atoms with van der Waals surface area (Å²) in [6, 6.07) is 8.91. The zero-order valence-corrected chi connectivity index (χ0v) is 12.0. The minimum Gasteiger partial charge on any atom is -0.399 e. The molecule has 0 bridgehead atoms. The van der Waals surface area contributed by atoms with Gasteiger partial charge in [0.25, 0.3) is 0 Å². The maximum absolute atomic E-state index is 12.5. The molecule has 2 rings (SSSR count). The number of benzene rings is 2. The second kappa shape index (κ2) is 5.06. The van der Waals surface area contributed by atoms with E-state index in [0.717, 1.165) is 11.1 Å². The zero-order chi connectivity index (χ0) is 14.2. The van der Waals surface area contributed by atoms with E-state index in [4.69, 9.17) is 17.3 Å². The Bertz CT molecular complexity index is 662. The fourth-order valence-electron chi connectivity index (χ4n) is 2.07. The lowest BCUT2D eigenvalue weighted by atomic mass is 9.95. The highest BCUT2D eigenvalue weighted by atomic mass is 35.5. The van der Waals surface area contributed by atoms with Crippen molar-refractivity contribution >= 4 is 23.1 Å². The van der Waals surface area contributed by atoms with Crippen LogP contribution in [-0.2, 0) is 0 Å². The molecule has 98 valence electrons. The predicted octanol–water partition coefficient (Wildman–Crippen LogP) is 4.08. The van der Waals surface area contributed by atoms with Gasteiger partial charge in [-0.2, -0.15) is 0 Å². The monoisotopic (exact) mass is 273 g/mol. The summed E-state index contributed by atoms with van der Waals surface area (Å²) in [6.07, 6.45) is 0. The first-order valence-corrected chi connectivity index (χ1v) is 6.45. The molecule has 0 heterocycles. The summed E-state index contributed by atoms with van der Waals surface area (Å²) >= 11 is 6.10. The van der Waals surface area contributed by atoms with Crippen molar-refractivity contribution in [2.75, 3.05) is 5.73 Å². The van der Waals surface area contributed by atoms with Gasteiger partial charge in [-0.05, 0) is 61.7 Å². The maximum atomic E-state index is 12.5. The van der Waals surface area contributed by atoms with Crippen LogP contribution in [0.2, 0.25) is 5.02 Å². The third-order valence-electron chi connectivity index (χ3n) is 3.32. The fourth-order valence-corrected chi connectivity index (χ4v) is 2.34. The van der Waals surface area contributed by atoms with E-state index >= 15 is 0 Å². The number of anilines is 1. The van der Waals surface area contributed by atoms with Gasteiger partial charge in [0.2, 0.25) is 0 Å². The van der Waals surface area contributed by atoms with E-state index in [1.54, 1.807) is 18.2 Å². The number of hydrogen-bond donors (Lipinski definition) is 1. The highest BCUT2D eigenvalue weighted by Gasteiger charge is 2.16. The molecule has 2 N–H and O–H groups in total. The minimum atomic E-state index is -0.0643. The van der Waals surface area contributed by atoms with Crippen molar-refractivity contribution in [2.45, 2.75) is 20.8 Å². The van der Waals surface area contributed by atoms with E-state index in [1.807, 2.05) is 32.9 Å². The summed E-state index contributed by atoms with van der Waals surface area (Å²) in [5, 5.41) is 0.391. The molecule has 0 fully saturated rings. The Morgan fingerprint density at radius 2 is 1.58 bits per heavy atom. The maximum Gasteiger partial charge on any atom is 0.194 e. The van der Waals surface area contributed by atoms with Gasteiger partial charge in [0.05, 0.1) is 5.02 Å². The van der Waals surface area contributed by atoms with Gasteiger partial charge in [-0.15, -0.1) is 0 Å². The Labute approximate surface area is 118 Å². The van der Waals surface area contributed by atoms with Crippen LogP contribution in [0.25, 0.3) is 0 Å². The van der Waals surface area contributed by atoms with E-state index < -0.39 is 0 Å². The first kappa shape index (κ1) is 13.6. The summed E-state index contributed by atoms with van der Waals surface area (Å²) in [7, 11) is 0. The Morgan fingerprint density at radius 3 is 2.21 bits per heavy atom. The predicted molar refractivity (Wildman–Crippen MR) is 79.9 cm³/mol. The normalized spacial score (nSPS) is 10.5. The molecule has 0 aliphatic heterocycles. The van der Waals surface area contributed by atoms with Crippen LogP contribution in [0, 0.1) is 20.8 Å². The van der Waals surface area contributed by atoms with Crippen molar-refractivity contribution in [1.82, 2.24) is 0 Å². The second-order valence-electron chi connectivity index (χ2n) is 4.82. The molecule has 19 heavy (non-hydrogen) atoms. The van der Waals surface area contributed by atoms with Crippen LogP contribution in [-0.4, -0.2) is 5.78 Å². The molecule has 2 aromatic rings. The van der Waals surface area contributed by atoms with Gasteiger partial charge in [-0.1, -0.05) is 17.7 Å². The molecule has 0 saturated carbocycles. The number of hydrogen-bond acceptors (Lipinski definition) is 2. The third kappa shape index (κ3) is 2.64. The van der Waals surface area contributed by atoms with Crippen LogP contribution in [0.1, 0.15) is 32.6 Å². The van der Waals surface area contributed by atoms with Gasteiger partial charge in [-0.3, -0.25) is 4.79 Å². The van der Waals surface area contributed by atoms with Gasteiger partial charge in [0.15, 0.2) is 5.78 Å². The molecule has 2 nitrogen and oxygen atoms in total. The third-order valence-corrected chi connectivity index (χ3v) is 3.64. The van der Waals surface area contributed by atoms with E-state index in [1.165, 1.54) is 5.56 Å². The first-order chi connectivity index (χ1) is 8.90. The molecular formula is C16H16ClNO. The summed E-state index contributed by atoms with van der Waals surface area (Å²) < 4.78 is 0. The topological polar surface area (TPSA) is 43.1 Å². The Balaban J connectivity index is 2.53. The summed E-state index contributed by atoms with van der Waals surface area (Å²) in [5.41, 5.74) is 10.6. The standard InChI is InChI=1S/C16H16ClNO/c1-9-6-11(3)14(7-10(9)2)16(19)13-5-4-12(18)8-15(13)17/h4-8H,18H2,1-3H3. The Kier molecular flexibility index (Phi) is 3.63. The van der Waals surface area contributed by atoms with Gasteiger partial charge in [-0.25, -0.2) is 0 Å². The minimum absolute atomic E-state index is 0.0643. The highest BCUT2D eigenvalue weighted by molar-refractivity contribution is 6.35. The van der Waals surface area contributed by atoms with Crippen LogP contribution < -0.4 is 5.73 Å². The number of nitrogens with two attached hydrogens (primary N) is 1. The van der Waals surface area contributed by atoms with Crippen molar-refractivity contribution in [1.29, 1.82) is 0 Å². The average Bonchev–Trinajstić information content (AvgIpc) is 2.33. The number of nitrogen functional groups attached to an aromatic ring is 1. The molecular weight excluding hydrogens is 258 g/mol.